The first-order valence-electron chi connectivity index (χ1n) is 8.07. The highest BCUT2D eigenvalue weighted by Gasteiger charge is 2.25. The Morgan fingerprint density at radius 3 is 2.33 bits per heavy atom. The molecule has 0 saturated heterocycles. The Balaban J connectivity index is 2.07. The van der Waals surface area contributed by atoms with Crippen LogP contribution in [0.25, 0.3) is 0 Å². The predicted molar refractivity (Wildman–Crippen MR) is 104 cm³/mol. The maximum atomic E-state index is 13.8. The SMILES string of the molecule is COc1ccc(S(=O)(=O)N(Cc2cccc(Cl)c2)c2cccc(F)c2)cc1. The van der Waals surface area contributed by atoms with Crippen LogP contribution >= 0.6 is 11.6 Å². The van der Waals surface area contributed by atoms with Gasteiger partial charge < -0.3 is 4.74 Å². The van der Waals surface area contributed by atoms with Crippen molar-refractivity contribution in [2.24, 2.45) is 0 Å². The van der Waals surface area contributed by atoms with Crippen LogP contribution in [0.15, 0.2) is 77.7 Å². The minimum atomic E-state index is -3.94. The Kier molecular flexibility index (Phi) is 5.68. The topological polar surface area (TPSA) is 46.6 Å². The molecule has 0 radical (unpaired) electrons. The van der Waals surface area contributed by atoms with Gasteiger partial charge in [-0.05, 0) is 60.2 Å². The number of hydrogen-bond donors (Lipinski definition) is 0. The third-order valence-electron chi connectivity index (χ3n) is 3.96. The molecule has 3 aromatic rings. The van der Waals surface area contributed by atoms with Gasteiger partial charge in [0.2, 0.25) is 0 Å². The molecule has 0 saturated carbocycles. The standard InChI is InChI=1S/C20H17ClFNO3S/c1-26-19-8-10-20(11-9-19)27(24,25)23(18-7-3-6-17(22)13-18)14-15-4-2-5-16(21)12-15/h2-13H,14H2,1H3. The van der Waals surface area contributed by atoms with Crippen LogP contribution in [0.5, 0.6) is 5.75 Å². The van der Waals surface area contributed by atoms with E-state index in [9.17, 15) is 12.8 Å². The summed E-state index contributed by atoms with van der Waals surface area (Å²) in [5, 5.41) is 0.494. The lowest BCUT2D eigenvalue weighted by molar-refractivity contribution is 0.414. The van der Waals surface area contributed by atoms with E-state index in [1.54, 1.807) is 42.5 Å². The molecule has 4 nitrogen and oxygen atoms in total. The van der Waals surface area contributed by atoms with Gasteiger partial charge in [0, 0.05) is 5.02 Å². The van der Waals surface area contributed by atoms with E-state index < -0.39 is 15.8 Å². The third kappa shape index (κ3) is 4.40. The van der Waals surface area contributed by atoms with Gasteiger partial charge >= 0.3 is 0 Å². The lowest BCUT2D eigenvalue weighted by atomic mass is 10.2. The quantitative estimate of drug-likeness (QED) is 0.587. The average molecular weight is 406 g/mol. The van der Waals surface area contributed by atoms with E-state index in [1.165, 1.54) is 37.4 Å². The number of benzene rings is 3. The van der Waals surface area contributed by atoms with Crippen LogP contribution in [0.1, 0.15) is 5.56 Å². The number of halogens is 2. The molecule has 0 aliphatic heterocycles. The summed E-state index contributed by atoms with van der Waals surface area (Å²) in [5.74, 6) is 0.0228. The van der Waals surface area contributed by atoms with Crippen molar-refractivity contribution in [2.45, 2.75) is 11.4 Å². The molecular weight excluding hydrogens is 389 g/mol. The molecule has 0 aliphatic carbocycles. The summed E-state index contributed by atoms with van der Waals surface area (Å²) in [6, 6.07) is 18.4. The highest BCUT2D eigenvalue weighted by atomic mass is 35.5. The Morgan fingerprint density at radius 1 is 1.00 bits per heavy atom. The molecule has 0 amide bonds. The molecule has 0 N–H and O–H groups in total. The largest absolute Gasteiger partial charge is 0.497 e. The van der Waals surface area contributed by atoms with Crippen LogP contribution in [0.2, 0.25) is 5.02 Å². The van der Waals surface area contributed by atoms with Crippen LogP contribution in [-0.4, -0.2) is 15.5 Å². The molecule has 27 heavy (non-hydrogen) atoms. The molecule has 140 valence electrons. The number of sulfonamides is 1. The first kappa shape index (κ1) is 19.2. The number of rotatable bonds is 6. The Labute approximate surface area is 162 Å². The zero-order valence-electron chi connectivity index (χ0n) is 14.5. The number of anilines is 1. The fourth-order valence-corrected chi connectivity index (χ4v) is 4.28. The van der Waals surface area contributed by atoms with Crippen LogP contribution in [0.4, 0.5) is 10.1 Å². The van der Waals surface area contributed by atoms with Gasteiger partial charge in [0.15, 0.2) is 0 Å². The molecule has 0 aliphatic rings. The minimum Gasteiger partial charge on any atom is -0.497 e. The van der Waals surface area contributed by atoms with Gasteiger partial charge in [-0.25, -0.2) is 12.8 Å². The van der Waals surface area contributed by atoms with Crippen molar-refractivity contribution in [3.05, 3.63) is 89.2 Å². The fraction of sp³-hybridized carbons (Fsp3) is 0.100. The van der Waals surface area contributed by atoms with Gasteiger partial charge in [-0.3, -0.25) is 4.31 Å². The monoisotopic (exact) mass is 405 g/mol. The highest BCUT2D eigenvalue weighted by molar-refractivity contribution is 7.92. The minimum absolute atomic E-state index is 0.0123. The van der Waals surface area contributed by atoms with Gasteiger partial charge in [0.1, 0.15) is 11.6 Å². The molecule has 0 aromatic heterocycles. The summed E-state index contributed by atoms with van der Waals surface area (Å²) in [5.41, 5.74) is 0.912. The fourth-order valence-electron chi connectivity index (χ4n) is 2.62. The first-order chi connectivity index (χ1) is 12.9. The second-order valence-electron chi connectivity index (χ2n) is 5.80. The van der Waals surface area contributed by atoms with Crippen molar-refractivity contribution in [2.75, 3.05) is 11.4 Å². The van der Waals surface area contributed by atoms with E-state index in [-0.39, 0.29) is 17.1 Å². The molecule has 0 spiro atoms. The Hall–Kier alpha value is -2.57. The van der Waals surface area contributed by atoms with Gasteiger partial charge in [-0.15, -0.1) is 0 Å². The first-order valence-corrected chi connectivity index (χ1v) is 9.89. The summed E-state index contributed by atoms with van der Waals surface area (Å²) < 4.78 is 46.5. The summed E-state index contributed by atoms with van der Waals surface area (Å²) in [6.45, 7) is 0.0123. The van der Waals surface area contributed by atoms with Gasteiger partial charge in [0.05, 0.1) is 24.2 Å². The van der Waals surface area contributed by atoms with E-state index in [4.69, 9.17) is 16.3 Å². The van der Waals surface area contributed by atoms with Crippen molar-refractivity contribution >= 4 is 27.3 Å². The van der Waals surface area contributed by atoms with Crippen LogP contribution in [-0.2, 0) is 16.6 Å². The molecule has 3 aromatic carbocycles. The summed E-state index contributed by atoms with van der Waals surface area (Å²) in [6.07, 6.45) is 0. The van der Waals surface area contributed by atoms with Crippen LogP contribution in [0, 0.1) is 5.82 Å². The maximum absolute atomic E-state index is 13.8. The van der Waals surface area contributed by atoms with E-state index in [1.807, 2.05) is 0 Å². The molecule has 0 bridgehead atoms. The molecule has 0 atom stereocenters. The lowest BCUT2D eigenvalue weighted by Crippen LogP contribution is -2.30. The summed E-state index contributed by atoms with van der Waals surface area (Å²) in [7, 11) is -2.44. The van der Waals surface area contributed by atoms with Gasteiger partial charge in [-0.1, -0.05) is 29.8 Å². The van der Waals surface area contributed by atoms with Gasteiger partial charge in [0.25, 0.3) is 10.0 Å². The van der Waals surface area contributed by atoms with Crippen LogP contribution < -0.4 is 9.04 Å². The zero-order chi connectivity index (χ0) is 19.4. The molecule has 3 rings (SSSR count). The number of hydrogen-bond acceptors (Lipinski definition) is 3. The maximum Gasteiger partial charge on any atom is 0.264 e. The molecule has 0 fully saturated rings. The Bertz CT molecular complexity index is 1040. The van der Waals surface area contributed by atoms with Crippen molar-refractivity contribution in [3.63, 3.8) is 0 Å². The van der Waals surface area contributed by atoms with Crippen molar-refractivity contribution in [1.82, 2.24) is 0 Å². The summed E-state index contributed by atoms with van der Waals surface area (Å²) in [4.78, 5) is 0.0783. The van der Waals surface area contributed by atoms with Crippen molar-refractivity contribution in [3.8, 4) is 5.75 Å². The zero-order valence-corrected chi connectivity index (χ0v) is 16.0. The summed E-state index contributed by atoms with van der Waals surface area (Å²) >= 11 is 6.02. The molecular formula is C20H17ClFNO3S. The second-order valence-corrected chi connectivity index (χ2v) is 8.10. The van der Waals surface area contributed by atoms with Crippen molar-refractivity contribution < 1.29 is 17.5 Å². The average Bonchev–Trinajstić information content (AvgIpc) is 2.66. The van der Waals surface area contributed by atoms with E-state index in [2.05, 4.69) is 0 Å². The van der Waals surface area contributed by atoms with E-state index >= 15 is 0 Å². The molecule has 0 unspecified atom stereocenters. The molecule has 0 heterocycles. The Morgan fingerprint density at radius 2 is 1.70 bits per heavy atom. The normalized spacial score (nSPS) is 11.2. The smallest absolute Gasteiger partial charge is 0.264 e. The third-order valence-corrected chi connectivity index (χ3v) is 5.98. The van der Waals surface area contributed by atoms with Crippen molar-refractivity contribution in [1.29, 1.82) is 0 Å². The molecule has 7 heteroatoms. The van der Waals surface area contributed by atoms with E-state index in [0.29, 0.717) is 16.3 Å². The van der Waals surface area contributed by atoms with Gasteiger partial charge in [-0.2, -0.15) is 0 Å². The van der Waals surface area contributed by atoms with E-state index in [0.717, 1.165) is 4.31 Å². The number of nitrogens with zero attached hydrogens (tertiary/aromatic N) is 1. The second kappa shape index (κ2) is 7.98. The van der Waals surface area contributed by atoms with Crippen LogP contribution in [0.3, 0.4) is 0 Å². The lowest BCUT2D eigenvalue weighted by Gasteiger charge is -2.25. The predicted octanol–water partition coefficient (Wildman–Crippen LogP) is 4.88. The highest BCUT2D eigenvalue weighted by Crippen LogP contribution is 2.28. The number of ether oxygens (including phenoxy) is 1. The number of methoxy groups -OCH3 is 1.